The summed E-state index contributed by atoms with van der Waals surface area (Å²) in [6.07, 6.45) is 3.39. The highest BCUT2D eigenvalue weighted by molar-refractivity contribution is 7.85. The molecule has 0 saturated carbocycles. The number of aromatic amines is 1. The van der Waals surface area contributed by atoms with Crippen molar-refractivity contribution in [3.8, 4) is 17.2 Å². The number of ketones is 1. The van der Waals surface area contributed by atoms with Crippen LogP contribution < -0.4 is 0 Å². The van der Waals surface area contributed by atoms with Gasteiger partial charge in [-0.05, 0) is 41.8 Å². The molecule has 5 rings (SSSR count). The number of pyridine rings is 1. The van der Waals surface area contributed by atoms with Gasteiger partial charge in [-0.1, -0.05) is 24.3 Å². The van der Waals surface area contributed by atoms with Crippen LogP contribution in [0, 0.1) is 11.3 Å². The predicted molar refractivity (Wildman–Crippen MR) is 121 cm³/mol. The molecule has 0 aliphatic heterocycles. The first kappa shape index (κ1) is 20.5. The number of nitrogens with zero attached hydrogens (tertiary/aromatic N) is 3. The number of benzene rings is 3. The molecule has 0 aliphatic rings. The third kappa shape index (κ3) is 3.63. The Morgan fingerprint density at radius 1 is 1.00 bits per heavy atom. The van der Waals surface area contributed by atoms with Gasteiger partial charge in [-0.15, -0.1) is 0 Å². The second-order valence-electron chi connectivity index (χ2n) is 7.35. The first-order valence-corrected chi connectivity index (χ1v) is 11.2. The van der Waals surface area contributed by atoms with Crippen LogP contribution in [0.1, 0.15) is 21.7 Å². The lowest BCUT2D eigenvalue weighted by Crippen LogP contribution is -2.04. The number of carbonyl (C=O) groups is 1. The van der Waals surface area contributed by atoms with E-state index in [0.29, 0.717) is 27.7 Å². The van der Waals surface area contributed by atoms with Crippen molar-refractivity contribution in [3.05, 3.63) is 90.0 Å². The van der Waals surface area contributed by atoms with Gasteiger partial charge >= 0.3 is 0 Å². The van der Waals surface area contributed by atoms with Gasteiger partial charge in [-0.25, -0.2) is 4.98 Å². The van der Waals surface area contributed by atoms with Crippen molar-refractivity contribution in [3.63, 3.8) is 0 Å². The summed E-state index contributed by atoms with van der Waals surface area (Å²) in [5, 5.41) is 11.4. The lowest BCUT2D eigenvalue weighted by Gasteiger charge is -2.09. The molecule has 0 amide bonds. The standard InChI is InChI=1S/C24H14N4O4S/c25-11-15-6-5-14(9-19(15)20-13-26-12-16-3-1-2-4-18(16)20)23(29)24-27-21-8-7-17(33(30,31)32)10-22(21)28-24/h1-10,12-13H,(H,27,28)(H,30,31,32). The highest BCUT2D eigenvalue weighted by Crippen LogP contribution is 2.31. The van der Waals surface area contributed by atoms with Crippen LogP contribution in [0.4, 0.5) is 0 Å². The Hall–Kier alpha value is -4.39. The number of carbonyl (C=O) groups excluding carboxylic acids is 1. The van der Waals surface area contributed by atoms with Gasteiger partial charge in [0.25, 0.3) is 10.1 Å². The van der Waals surface area contributed by atoms with Crippen molar-refractivity contribution >= 4 is 37.7 Å². The minimum atomic E-state index is -4.39. The zero-order valence-electron chi connectivity index (χ0n) is 16.9. The van der Waals surface area contributed by atoms with Crippen molar-refractivity contribution in [2.45, 2.75) is 4.90 Å². The summed E-state index contributed by atoms with van der Waals surface area (Å²) in [6, 6.07) is 18.4. The number of nitrogens with one attached hydrogen (secondary N) is 1. The Kier molecular flexibility index (Phi) is 4.74. The largest absolute Gasteiger partial charge is 0.335 e. The van der Waals surface area contributed by atoms with Gasteiger partial charge < -0.3 is 4.98 Å². The maximum Gasteiger partial charge on any atom is 0.294 e. The van der Waals surface area contributed by atoms with E-state index in [1.54, 1.807) is 30.6 Å². The average molecular weight is 454 g/mol. The van der Waals surface area contributed by atoms with E-state index in [4.69, 9.17) is 0 Å². The number of hydrogen-bond acceptors (Lipinski definition) is 6. The molecule has 0 saturated heterocycles. The van der Waals surface area contributed by atoms with Crippen molar-refractivity contribution in [1.29, 1.82) is 5.26 Å². The molecule has 0 spiro atoms. The molecule has 8 nitrogen and oxygen atoms in total. The molecule has 33 heavy (non-hydrogen) atoms. The fourth-order valence-corrected chi connectivity index (χ4v) is 4.24. The normalized spacial score (nSPS) is 11.5. The number of imidazole rings is 1. The number of aromatic nitrogens is 3. The Morgan fingerprint density at radius 3 is 2.61 bits per heavy atom. The van der Waals surface area contributed by atoms with Crippen molar-refractivity contribution in [2.24, 2.45) is 0 Å². The monoisotopic (exact) mass is 454 g/mol. The molecule has 9 heteroatoms. The van der Waals surface area contributed by atoms with E-state index in [0.717, 1.165) is 16.3 Å². The Labute approximate surface area is 187 Å². The molecule has 2 aromatic heterocycles. The Balaban J connectivity index is 1.62. The first-order chi connectivity index (χ1) is 15.8. The lowest BCUT2D eigenvalue weighted by molar-refractivity contribution is 0.103. The average Bonchev–Trinajstić information content (AvgIpc) is 3.26. The maximum atomic E-state index is 13.2. The summed E-state index contributed by atoms with van der Waals surface area (Å²) in [4.78, 5) is 24.2. The number of hydrogen-bond donors (Lipinski definition) is 2. The topological polar surface area (TPSA) is 137 Å². The molecule has 2 N–H and O–H groups in total. The molecule has 3 aromatic carbocycles. The van der Waals surface area contributed by atoms with Crippen molar-refractivity contribution in [2.75, 3.05) is 0 Å². The van der Waals surface area contributed by atoms with Crippen LogP contribution in [0.2, 0.25) is 0 Å². The summed E-state index contributed by atoms with van der Waals surface area (Å²) in [6.45, 7) is 0. The molecule has 5 aromatic rings. The number of fused-ring (bicyclic) bond motifs is 2. The molecular weight excluding hydrogens is 440 g/mol. The third-order valence-electron chi connectivity index (χ3n) is 5.33. The maximum absolute atomic E-state index is 13.2. The zero-order valence-corrected chi connectivity index (χ0v) is 17.7. The van der Waals surface area contributed by atoms with E-state index in [-0.39, 0.29) is 10.7 Å². The Bertz CT molecular complexity index is 1730. The van der Waals surface area contributed by atoms with Crippen LogP contribution in [0.15, 0.2) is 78.0 Å². The second-order valence-corrected chi connectivity index (χ2v) is 8.77. The van der Waals surface area contributed by atoms with Gasteiger partial charge in [-0.3, -0.25) is 14.3 Å². The molecule has 0 atom stereocenters. The zero-order chi connectivity index (χ0) is 23.2. The highest BCUT2D eigenvalue weighted by Gasteiger charge is 2.19. The number of rotatable bonds is 4. The van der Waals surface area contributed by atoms with Crippen molar-refractivity contribution in [1.82, 2.24) is 15.0 Å². The molecule has 160 valence electrons. The minimum absolute atomic E-state index is 0.00388. The van der Waals surface area contributed by atoms with Crippen molar-refractivity contribution < 1.29 is 17.8 Å². The summed E-state index contributed by atoms with van der Waals surface area (Å²) >= 11 is 0. The molecule has 0 radical (unpaired) electrons. The molecule has 0 fully saturated rings. The molecule has 0 aliphatic carbocycles. The molecule has 0 bridgehead atoms. The first-order valence-electron chi connectivity index (χ1n) is 9.74. The van der Waals surface area contributed by atoms with E-state index in [1.807, 2.05) is 24.3 Å². The fraction of sp³-hybridized carbons (Fsp3) is 0. The van der Waals surface area contributed by atoms with E-state index >= 15 is 0 Å². The van der Waals surface area contributed by atoms with Gasteiger partial charge in [0.2, 0.25) is 5.78 Å². The van der Waals surface area contributed by atoms with Gasteiger partial charge in [0.1, 0.15) is 0 Å². The number of H-pyrrole nitrogens is 1. The molecule has 2 heterocycles. The quantitative estimate of drug-likeness (QED) is 0.308. The second kappa shape index (κ2) is 7.63. The smallest absolute Gasteiger partial charge is 0.294 e. The number of nitriles is 1. The van der Waals surface area contributed by atoms with Crippen LogP contribution in [-0.2, 0) is 10.1 Å². The van der Waals surface area contributed by atoms with Crippen LogP contribution >= 0.6 is 0 Å². The van der Waals surface area contributed by atoms with Gasteiger partial charge in [0, 0.05) is 34.5 Å². The summed E-state index contributed by atoms with van der Waals surface area (Å²) in [5.74, 6) is -0.428. The fourth-order valence-electron chi connectivity index (χ4n) is 3.73. The third-order valence-corrected chi connectivity index (χ3v) is 6.18. The predicted octanol–water partition coefficient (Wildman–Crippen LogP) is 4.13. The van der Waals surface area contributed by atoms with E-state index in [9.17, 15) is 23.0 Å². The van der Waals surface area contributed by atoms with Crippen LogP contribution in [0.5, 0.6) is 0 Å². The molecular formula is C24H14N4O4S. The highest BCUT2D eigenvalue weighted by atomic mass is 32.2. The van der Waals surface area contributed by atoms with Crippen LogP contribution in [0.3, 0.4) is 0 Å². The molecule has 0 unspecified atom stereocenters. The Morgan fingerprint density at radius 2 is 1.82 bits per heavy atom. The summed E-state index contributed by atoms with van der Waals surface area (Å²) < 4.78 is 32.0. The van der Waals surface area contributed by atoms with Gasteiger partial charge in [0.15, 0.2) is 5.82 Å². The SMILES string of the molecule is N#Cc1ccc(C(=O)c2nc3ccc(S(=O)(=O)O)cc3[nH]2)cc1-c1cncc2ccccc12. The van der Waals surface area contributed by atoms with Gasteiger partial charge in [0.05, 0.1) is 27.6 Å². The summed E-state index contributed by atoms with van der Waals surface area (Å²) in [5.41, 5.74) is 2.65. The summed E-state index contributed by atoms with van der Waals surface area (Å²) in [7, 11) is -4.39. The van der Waals surface area contributed by atoms with E-state index in [1.165, 1.54) is 18.2 Å². The van der Waals surface area contributed by atoms with Crippen LogP contribution in [0.25, 0.3) is 32.9 Å². The van der Waals surface area contributed by atoms with E-state index in [2.05, 4.69) is 21.0 Å². The van der Waals surface area contributed by atoms with Gasteiger partial charge in [-0.2, -0.15) is 13.7 Å². The minimum Gasteiger partial charge on any atom is -0.335 e. The lowest BCUT2D eigenvalue weighted by atomic mass is 9.94. The van der Waals surface area contributed by atoms with E-state index < -0.39 is 15.9 Å². The van der Waals surface area contributed by atoms with Crippen LogP contribution in [-0.4, -0.2) is 33.7 Å².